The fraction of sp³-hybridized carbons (Fsp3) is 0.875. The average molecular weight is 285 g/mol. The maximum atomic E-state index is 11.8. The first kappa shape index (κ1) is 18.9. The van der Waals surface area contributed by atoms with Crippen molar-refractivity contribution in [2.45, 2.75) is 66.7 Å². The number of rotatable bonds is 9. The fourth-order valence-corrected chi connectivity index (χ4v) is 2.42. The van der Waals surface area contributed by atoms with Crippen molar-refractivity contribution in [2.24, 2.45) is 17.3 Å². The molecule has 2 atom stereocenters. The minimum absolute atomic E-state index is 0.0621. The highest BCUT2D eigenvalue weighted by atomic mass is 16.4. The summed E-state index contributed by atoms with van der Waals surface area (Å²) in [5, 5.41) is 11.8. The third-order valence-corrected chi connectivity index (χ3v) is 3.89. The highest BCUT2D eigenvalue weighted by molar-refractivity contribution is 5.78. The van der Waals surface area contributed by atoms with Gasteiger partial charge in [0.15, 0.2) is 0 Å². The van der Waals surface area contributed by atoms with Gasteiger partial charge in [0.25, 0.3) is 0 Å². The normalized spacial score (nSPS) is 14.7. The van der Waals surface area contributed by atoms with E-state index in [-0.39, 0.29) is 23.7 Å². The molecule has 0 radical (unpaired) electrons. The Kier molecular flexibility index (Phi) is 8.51. The summed E-state index contributed by atoms with van der Waals surface area (Å²) in [4.78, 5) is 22.5. The second-order valence-electron chi connectivity index (χ2n) is 6.76. The van der Waals surface area contributed by atoms with Crippen molar-refractivity contribution in [1.82, 2.24) is 5.32 Å². The van der Waals surface area contributed by atoms with Gasteiger partial charge in [0.1, 0.15) is 0 Å². The number of carboxylic acids is 1. The summed E-state index contributed by atoms with van der Waals surface area (Å²) >= 11 is 0. The van der Waals surface area contributed by atoms with Crippen molar-refractivity contribution in [3.05, 3.63) is 0 Å². The van der Waals surface area contributed by atoms with E-state index >= 15 is 0 Å². The molecule has 0 aromatic rings. The Morgan fingerprint density at radius 3 is 2.20 bits per heavy atom. The molecule has 0 heterocycles. The Bertz CT molecular complexity index is 307. The molecule has 4 nitrogen and oxygen atoms in total. The van der Waals surface area contributed by atoms with E-state index in [1.165, 1.54) is 0 Å². The van der Waals surface area contributed by atoms with Crippen LogP contribution < -0.4 is 5.32 Å². The van der Waals surface area contributed by atoms with E-state index in [2.05, 4.69) is 33.0 Å². The van der Waals surface area contributed by atoms with Gasteiger partial charge >= 0.3 is 5.97 Å². The van der Waals surface area contributed by atoms with Gasteiger partial charge in [-0.1, -0.05) is 41.0 Å². The Morgan fingerprint density at radius 2 is 1.75 bits per heavy atom. The zero-order chi connectivity index (χ0) is 15.8. The smallest absolute Gasteiger partial charge is 0.303 e. The minimum Gasteiger partial charge on any atom is -0.481 e. The van der Waals surface area contributed by atoms with E-state index in [1.54, 1.807) is 0 Å². The summed E-state index contributed by atoms with van der Waals surface area (Å²) in [6, 6.07) is 0. The predicted molar refractivity (Wildman–Crippen MR) is 81.5 cm³/mol. The largest absolute Gasteiger partial charge is 0.481 e. The van der Waals surface area contributed by atoms with Gasteiger partial charge in [0.05, 0.1) is 0 Å². The Labute approximate surface area is 123 Å². The standard InChI is InChI=1S/C16H31NO3/c1-6-7-12(2)15(20)17-11-10-13(16(3,4)5)8-9-14(18)19/h12-13H,6-11H2,1-5H3,(H,17,20)(H,18,19). The van der Waals surface area contributed by atoms with E-state index in [0.717, 1.165) is 19.3 Å². The van der Waals surface area contributed by atoms with E-state index in [1.807, 2.05) is 6.92 Å². The molecular weight excluding hydrogens is 254 g/mol. The molecule has 1 amide bonds. The molecule has 0 aliphatic carbocycles. The highest BCUT2D eigenvalue weighted by Gasteiger charge is 2.25. The molecule has 0 aromatic heterocycles. The molecule has 2 N–H and O–H groups in total. The monoisotopic (exact) mass is 285 g/mol. The summed E-state index contributed by atoms with van der Waals surface area (Å²) in [6.45, 7) is 11.0. The molecule has 0 saturated heterocycles. The van der Waals surface area contributed by atoms with Crippen LogP contribution in [-0.2, 0) is 9.59 Å². The highest BCUT2D eigenvalue weighted by Crippen LogP contribution is 2.32. The number of nitrogens with one attached hydrogen (secondary N) is 1. The topological polar surface area (TPSA) is 66.4 Å². The fourth-order valence-electron chi connectivity index (χ4n) is 2.42. The number of carbonyl (C=O) groups is 2. The molecule has 20 heavy (non-hydrogen) atoms. The number of carbonyl (C=O) groups excluding carboxylic acids is 1. The summed E-state index contributed by atoms with van der Waals surface area (Å²) in [5.74, 6) is -0.273. The number of hydrogen-bond acceptors (Lipinski definition) is 2. The molecule has 0 spiro atoms. The van der Waals surface area contributed by atoms with Crippen molar-refractivity contribution in [2.75, 3.05) is 6.54 Å². The van der Waals surface area contributed by atoms with Crippen molar-refractivity contribution in [1.29, 1.82) is 0 Å². The first-order valence-corrected chi connectivity index (χ1v) is 7.68. The van der Waals surface area contributed by atoms with Crippen molar-refractivity contribution >= 4 is 11.9 Å². The van der Waals surface area contributed by atoms with Gasteiger partial charge in [-0.3, -0.25) is 9.59 Å². The van der Waals surface area contributed by atoms with Crippen LogP contribution in [0.5, 0.6) is 0 Å². The van der Waals surface area contributed by atoms with E-state index < -0.39 is 5.97 Å². The number of amides is 1. The molecule has 0 aromatic carbocycles. The minimum atomic E-state index is -0.750. The molecule has 0 fully saturated rings. The molecule has 0 aliphatic rings. The van der Waals surface area contributed by atoms with Gasteiger partial charge in [0.2, 0.25) is 5.91 Å². The van der Waals surface area contributed by atoms with Gasteiger partial charge in [-0.25, -0.2) is 0 Å². The van der Waals surface area contributed by atoms with Gasteiger partial charge in [-0.05, 0) is 30.6 Å². The predicted octanol–water partition coefficient (Wildman–Crippen LogP) is 3.46. The van der Waals surface area contributed by atoms with Gasteiger partial charge in [-0.15, -0.1) is 0 Å². The molecule has 0 saturated carbocycles. The van der Waals surface area contributed by atoms with Crippen LogP contribution in [0.15, 0.2) is 0 Å². The molecule has 0 rings (SSSR count). The SMILES string of the molecule is CCCC(C)C(=O)NCCC(CCC(=O)O)C(C)(C)C. The van der Waals surface area contributed by atoms with Crippen molar-refractivity contribution in [3.8, 4) is 0 Å². The van der Waals surface area contributed by atoms with E-state index in [0.29, 0.717) is 18.9 Å². The van der Waals surface area contributed by atoms with Crippen LogP contribution >= 0.6 is 0 Å². The quantitative estimate of drug-likeness (QED) is 0.682. The van der Waals surface area contributed by atoms with Crippen LogP contribution in [0.3, 0.4) is 0 Å². The molecule has 0 bridgehead atoms. The third kappa shape index (κ3) is 8.18. The molecule has 118 valence electrons. The Hall–Kier alpha value is -1.06. The Balaban J connectivity index is 4.20. The van der Waals surface area contributed by atoms with Crippen LogP contribution in [0.25, 0.3) is 0 Å². The zero-order valence-electron chi connectivity index (χ0n) is 13.7. The first-order chi connectivity index (χ1) is 9.18. The first-order valence-electron chi connectivity index (χ1n) is 7.68. The lowest BCUT2D eigenvalue weighted by Gasteiger charge is -2.30. The number of hydrogen-bond donors (Lipinski definition) is 2. The van der Waals surface area contributed by atoms with Gasteiger partial charge in [0, 0.05) is 18.9 Å². The second kappa shape index (κ2) is 8.98. The molecule has 2 unspecified atom stereocenters. The molecular formula is C16H31NO3. The lowest BCUT2D eigenvalue weighted by atomic mass is 9.76. The van der Waals surface area contributed by atoms with E-state index in [9.17, 15) is 9.59 Å². The van der Waals surface area contributed by atoms with Gasteiger partial charge in [-0.2, -0.15) is 0 Å². The number of carboxylic acid groups (broad SMARTS) is 1. The van der Waals surface area contributed by atoms with Crippen LogP contribution in [-0.4, -0.2) is 23.5 Å². The second-order valence-corrected chi connectivity index (χ2v) is 6.76. The lowest BCUT2D eigenvalue weighted by Crippen LogP contribution is -2.33. The molecule has 0 aliphatic heterocycles. The lowest BCUT2D eigenvalue weighted by molar-refractivity contribution is -0.137. The van der Waals surface area contributed by atoms with Gasteiger partial charge < -0.3 is 10.4 Å². The van der Waals surface area contributed by atoms with Crippen LogP contribution in [0.4, 0.5) is 0 Å². The maximum absolute atomic E-state index is 11.8. The summed E-state index contributed by atoms with van der Waals surface area (Å²) in [6.07, 6.45) is 3.62. The summed E-state index contributed by atoms with van der Waals surface area (Å²) < 4.78 is 0. The van der Waals surface area contributed by atoms with Crippen LogP contribution in [0.1, 0.15) is 66.7 Å². The summed E-state index contributed by atoms with van der Waals surface area (Å²) in [7, 11) is 0. The average Bonchev–Trinajstić information content (AvgIpc) is 2.31. The van der Waals surface area contributed by atoms with Crippen LogP contribution in [0, 0.1) is 17.3 Å². The zero-order valence-corrected chi connectivity index (χ0v) is 13.7. The summed E-state index contributed by atoms with van der Waals surface area (Å²) in [5.41, 5.74) is 0.0647. The molecule has 4 heteroatoms. The number of aliphatic carboxylic acids is 1. The van der Waals surface area contributed by atoms with Crippen molar-refractivity contribution < 1.29 is 14.7 Å². The van der Waals surface area contributed by atoms with Crippen LogP contribution in [0.2, 0.25) is 0 Å². The third-order valence-electron chi connectivity index (χ3n) is 3.89. The maximum Gasteiger partial charge on any atom is 0.303 e. The van der Waals surface area contributed by atoms with E-state index in [4.69, 9.17) is 5.11 Å². The van der Waals surface area contributed by atoms with Crippen molar-refractivity contribution in [3.63, 3.8) is 0 Å². The Morgan fingerprint density at radius 1 is 1.15 bits per heavy atom.